The van der Waals surface area contributed by atoms with Gasteiger partial charge in [0.15, 0.2) is 0 Å². The van der Waals surface area contributed by atoms with Crippen molar-refractivity contribution in [2.45, 2.75) is 26.7 Å². The molecule has 2 heterocycles. The fraction of sp³-hybridized carbons (Fsp3) is 0.500. The number of esters is 1. The second-order valence-electron chi connectivity index (χ2n) is 4.58. The van der Waals surface area contributed by atoms with E-state index in [-0.39, 0.29) is 5.91 Å². The van der Waals surface area contributed by atoms with E-state index in [2.05, 4.69) is 4.98 Å². The Morgan fingerprint density at radius 2 is 2.05 bits per heavy atom. The van der Waals surface area contributed by atoms with Gasteiger partial charge in [-0.25, -0.2) is 4.79 Å². The molecule has 0 aliphatic carbocycles. The summed E-state index contributed by atoms with van der Waals surface area (Å²) in [5, 5.41) is 0. The summed E-state index contributed by atoms with van der Waals surface area (Å²) < 4.78 is 4.92. The van der Waals surface area contributed by atoms with E-state index in [0.717, 1.165) is 25.9 Å². The molecule has 1 aromatic rings. The van der Waals surface area contributed by atoms with Gasteiger partial charge in [0.25, 0.3) is 5.91 Å². The van der Waals surface area contributed by atoms with Gasteiger partial charge >= 0.3 is 5.97 Å². The van der Waals surface area contributed by atoms with Crippen LogP contribution in [0.3, 0.4) is 0 Å². The van der Waals surface area contributed by atoms with Crippen LogP contribution in [-0.4, -0.2) is 41.5 Å². The Morgan fingerprint density at radius 3 is 2.68 bits per heavy atom. The lowest BCUT2D eigenvalue weighted by molar-refractivity contribution is 0.0526. The van der Waals surface area contributed by atoms with Crippen molar-refractivity contribution in [1.82, 2.24) is 9.88 Å². The minimum absolute atomic E-state index is 0.0475. The standard InChI is InChI=1S/C14H18N2O3/c1-3-19-14(18)11-8-12(10(2)15-9-11)13(17)16-6-4-5-7-16/h8-9H,3-7H2,1-2H3. The number of hydrogen-bond acceptors (Lipinski definition) is 4. The molecule has 1 aromatic heterocycles. The smallest absolute Gasteiger partial charge is 0.339 e. The maximum Gasteiger partial charge on any atom is 0.339 e. The van der Waals surface area contributed by atoms with Crippen molar-refractivity contribution in [3.8, 4) is 0 Å². The van der Waals surface area contributed by atoms with Crippen LogP contribution in [0.1, 0.15) is 46.2 Å². The van der Waals surface area contributed by atoms with E-state index in [1.54, 1.807) is 24.8 Å². The van der Waals surface area contributed by atoms with Crippen LogP contribution in [0.25, 0.3) is 0 Å². The summed E-state index contributed by atoms with van der Waals surface area (Å²) in [5.74, 6) is -0.487. The van der Waals surface area contributed by atoms with Crippen molar-refractivity contribution in [2.24, 2.45) is 0 Å². The number of rotatable bonds is 3. The van der Waals surface area contributed by atoms with E-state index < -0.39 is 5.97 Å². The topological polar surface area (TPSA) is 59.5 Å². The fourth-order valence-electron chi connectivity index (χ4n) is 2.17. The third kappa shape index (κ3) is 2.92. The van der Waals surface area contributed by atoms with Crippen LogP contribution >= 0.6 is 0 Å². The van der Waals surface area contributed by atoms with Gasteiger partial charge < -0.3 is 9.64 Å². The Morgan fingerprint density at radius 1 is 1.37 bits per heavy atom. The molecule has 0 saturated carbocycles. The second-order valence-corrected chi connectivity index (χ2v) is 4.58. The van der Waals surface area contributed by atoms with Crippen LogP contribution in [0.4, 0.5) is 0 Å². The molecule has 19 heavy (non-hydrogen) atoms. The first-order valence-electron chi connectivity index (χ1n) is 6.56. The monoisotopic (exact) mass is 262 g/mol. The third-order valence-corrected chi connectivity index (χ3v) is 3.22. The van der Waals surface area contributed by atoms with Crippen LogP contribution in [0.5, 0.6) is 0 Å². The maximum atomic E-state index is 12.3. The Hall–Kier alpha value is -1.91. The number of carbonyl (C=O) groups excluding carboxylic acids is 2. The van der Waals surface area contributed by atoms with Gasteiger partial charge in [-0.15, -0.1) is 0 Å². The summed E-state index contributed by atoms with van der Waals surface area (Å²) in [5.41, 5.74) is 1.47. The van der Waals surface area contributed by atoms with Gasteiger partial charge in [-0.3, -0.25) is 9.78 Å². The van der Waals surface area contributed by atoms with Crippen molar-refractivity contribution in [3.63, 3.8) is 0 Å². The van der Waals surface area contributed by atoms with Crippen molar-refractivity contribution in [2.75, 3.05) is 19.7 Å². The first kappa shape index (κ1) is 13.5. The minimum atomic E-state index is -0.439. The number of hydrogen-bond donors (Lipinski definition) is 0. The number of ether oxygens (including phenoxy) is 1. The molecule has 1 amide bonds. The highest BCUT2D eigenvalue weighted by Gasteiger charge is 2.22. The van der Waals surface area contributed by atoms with E-state index in [0.29, 0.717) is 23.4 Å². The maximum absolute atomic E-state index is 12.3. The van der Waals surface area contributed by atoms with Crippen molar-refractivity contribution in [1.29, 1.82) is 0 Å². The van der Waals surface area contributed by atoms with Gasteiger partial charge in [0.2, 0.25) is 0 Å². The second kappa shape index (κ2) is 5.82. The van der Waals surface area contributed by atoms with E-state index in [4.69, 9.17) is 4.74 Å². The lowest BCUT2D eigenvalue weighted by Gasteiger charge is -2.16. The molecule has 0 aromatic carbocycles. The molecule has 0 atom stereocenters. The van der Waals surface area contributed by atoms with Crippen LogP contribution in [-0.2, 0) is 4.74 Å². The van der Waals surface area contributed by atoms with Gasteiger partial charge in [0.05, 0.1) is 23.4 Å². The van der Waals surface area contributed by atoms with E-state index in [9.17, 15) is 9.59 Å². The van der Waals surface area contributed by atoms with Crippen molar-refractivity contribution >= 4 is 11.9 Å². The zero-order valence-corrected chi connectivity index (χ0v) is 11.3. The summed E-state index contributed by atoms with van der Waals surface area (Å²) in [6, 6.07) is 1.58. The lowest BCUT2D eigenvalue weighted by Crippen LogP contribution is -2.28. The van der Waals surface area contributed by atoms with Gasteiger partial charge in [-0.2, -0.15) is 0 Å². The molecular weight excluding hydrogens is 244 g/mol. The summed E-state index contributed by atoms with van der Waals surface area (Å²) in [4.78, 5) is 29.9. The third-order valence-electron chi connectivity index (χ3n) is 3.22. The highest BCUT2D eigenvalue weighted by molar-refractivity contribution is 5.98. The van der Waals surface area contributed by atoms with E-state index >= 15 is 0 Å². The molecule has 0 radical (unpaired) electrons. The lowest BCUT2D eigenvalue weighted by atomic mass is 10.1. The summed E-state index contributed by atoms with van der Waals surface area (Å²) >= 11 is 0. The summed E-state index contributed by atoms with van der Waals surface area (Å²) in [6.07, 6.45) is 3.53. The molecule has 0 bridgehead atoms. The Balaban J connectivity index is 2.26. The van der Waals surface area contributed by atoms with Crippen LogP contribution < -0.4 is 0 Å². The Labute approximate surface area is 112 Å². The molecule has 0 spiro atoms. The first-order valence-corrected chi connectivity index (χ1v) is 6.56. The molecule has 0 N–H and O–H groups in total. The Kier molecular flexibility index (Phi) is 4.14. The molecule has 102 valence electrons. The molecule has 1 aliphatic heterocycles. The molecule has 1 saturated heterocycles. The number of aryl methyl sites for hydroxylation is 1. The van der Waals surface area contributed by atoms with Crippen molar-refractivity contribution < 1.29 is 14.3 Å². The summed E-state index contributed by atoms with van der Waals surface area (Å²) in [6.45, 7) is 5.39. The molecule has 5 nitrogen and oxygen atoms in total. The largest absolute Gasteiger partial charge is 0.462 e. The van der Waals surface area contributed by atoms with Gasteiger partial charge in [0, 0.05) is 19.3 Å². The Bertz CT molecular complexity index is 493. The highest BCUT2D eigenvalue weighted by atomic mass is 16.5. The van der Waals surface area contributed by atoms with Crippen LogP contribution in [0, 0.1) is 6.92 Å². The van der Waals surface area contributed by atoms with Gasteiger partial charge in [-0.1, -0.05) is 0 Å². The molecule has 1 fully saturated rings. The van der Waals surface area contributed by atoms with E-state index in [1.807, 2.05) is 0 Å². The van der Waals surface area contributed by atoms with Gasteiger partial charge in [0.1, 0.15) is 0 Å². The average molecular weight is 262 g/mol. The SMILES string of the molecule is CCOC(=O)c1cnc(C)c(C(=O)N2CCCC2)c1. The zero-order chi connectivity index (χ0) is 13.8. The number of pyridine rings is 1. The van der Waals surface area contributed by atoms with Crippen molar-refractivity contribution in [3.05, 3.63) is 29.1 Å². The predicted molar refractivity (Wildman–Crippen MR) is 70.1 cm³/mol. The fourth-order valence-corrected chi connectivity index (χ4v) is 2.17. The minimum Gasteiger partial charge on any atom is -0.462 e. The van der Waals surface area contributed by atoms with E-state index in [1.165, 1.54) is 6.20 Å². The number of aromatic nitrogens is 1. The summed E-state index contributed by atoms with van der Waals surface area (Å²) in [7, 11) is 0. The normalized spacial score (nSPS) is 14.5. The molecule has 2 rings (SSSR count). The number of amides is 1. The highest BCUT2D eigenvalue weighted by Crippen LogP contribution is 2.16. The number of nitrogens with zero attached hydrogens (tertiary/aromatic N) is 2. The molecular formula is C14H18N2O3. The molecule has 0 unspecified atom stereocenters. The molecule has 1 aliphatic rings. The average Bonchev–Trinajstić information content (AvgIpc) is 2.92. The predicted octanol–water partition coefficient (Wildman–Crippen LogP) is 1.80. The number of carbonyl (C=O) groups is 2. The number of likely N-dealkylation sites (tertiary alicyclic amines) is 1. The van der Waals surface area contributed by atoms with Crippen LogP contribution in [0.15, 0.2) is 12.3 Å². The first-order chi connectivity index (χ1) is 9.13. The van der Waals surface area contributed by atoms with Crippen LogP contribution in [0.2, 0.25) is 0 Å². The zero-order valence-electron chi connectivity index (χ0n) is 11.3. The van der Waals surface area contributed by atoms with Gasteiger partial charge in [-0.05, 0) is 32.8 Å². The quantitative estimate of drug-likeness (QED) is 0.779. The molecule has 5 heteroatoms.